The Morgan fingerprint density at radius 2 is 1.89 bits per heavy atom. The minimum atomic E-state index is -1.14. The number of nitrogens with zero attached hydrogens (tertiary/aromatic N) is 1. The van der Waals surface area contributed by atoms with Gasteiger partial charge in [0.25, 0.3) is 0 Å². The molecule has 1 heterocycles. The SMILES string of the molecule is Cc1cc(-c2nc(C(=O)O)c(C)o2)ccc1NC(=O)OCc1ccccc1. The lowest BCUT2D eigenvalue weighted by molar-refractivity contribution is 0.0689. The summed E-state index contributed by atoms with van der Waals surface area (Å²) in [6.07, 6.45) is -0.560. The summed E-state index contributed by atoms with van der Waals surface area (Å²) in [5.41, 5.74) is 2.74. The Kier molecular flexibility index (Phi) is 5.21. The number of aromatic carboxylic acids is 1. The van der Waals surface area contributed by atoms with E-state index in [-0.39, 0.29) is 24.0 Å². The van der Waals surface area contributed by atoms with Gasteiger partial charge in [0.1, 0.15) is 12.4 Å². The van der Waals surface area contributed by atoms with Crippen LogP contribution in [0.5, 0.6) is 0 Å². The third-order valence-corrected chi connectivity index (χ3v) is 3.92. The molecule has 0 spiro atoms. The van der Waals surface area contributed by atoms with Gasteiger partial charge in [-0.1, -0.05) is 30.3 Å². The Balaban J connectivity index is 1.68. The summed E-state index contributed by atoms with van der Waals surface area (Å²) in [5, 5.41) is 11.8. The first-order valence-electron chi connectivity index (χ1n) is 8.23. The van der Waals surface area contributed by atoms with Gasteiger partial charge in [0.2, 0.25) is 5.89 Å². The van der Waals surface area contributed by atoms with Crippen molar-refractivity contribution < 1.29 is 23.8 Å². The number of oxazole rings is 1. The number of hydrogen-bond acceptors (Lipinski definition) is 5. The van der Waals surface area contributed by atoms with Gasteiger partial charge in [-0.25, -0.2) is 14.6 Å². The molecule has 138 valence electrons. The molecule has 3 rings (SSSR count). The Bertz CT molecular complexity index is 979. The predicted octanol–water partition coefficient (Wildman–Crippen LogP) is 4.41. The number of ether oxygens (including phenoxy) is 1. The Labute approximate surface area is 155 Å². The van der Waals surface area contributed by atoms with Gasteiger partial charge >= 0.3 is 12.1 Å². The van der Waals surface area contributed by atoms with Crippen LogP contribution in [0.3, 0.4) is 0 Å². The van der Waals surface area contributed by atoms with E-state index in [1.54, 1.807) is 25.1 Å². The fourth-order valence-corrected chi connectivity index (χ4v) is 2.52. The molecule has 0 radical (unpaired) electrons. The van der Waals surface area contributed by atoms with Crippen molar-refractivity contribution in [1.82, 2.24) is 4.98 Å². The number of anilines is 1. The van der Waals surface area contributed by atoms with Crippen molar-refractivity contribution >= 4 is 17.7 Å². The van der Waals surface area contributed by atoms with Crippen LogP contribution in [0.15, 0.2) is 52.9 Å². The summed E-state index contributed by atoms with van der Waals surface area (Å²) >= 11 is 0. The van der Waals surface area contributed by atoms with Gasteiger partial charge in [-0.2, -0.15) is 0 Å². The second-order valence-electron chi connectivity index (χ2n) is 5.95. The average molecular weight is 366 g/mol. The van der Waals surface area contributed by atoms with Gasteiger partial charge < -0.3 is 14.3 Å². The van der Waals surface area contributed by atoms with Crippen LogP contribution in [0.1, 0.15) is 27.4 Å². The van der Waals surface area contributed by atoms with Crippen LogP contribution in [0, 0.1) is 13.8 Å². The number of aromatic nitrogens is 1. The normalized spacial score (nSPS) is 10.4. The Morgan fingerprint density at radius 3 is 2.52 bits per heavy atom. The van der Waals surface area contributed by atoms with Crippen molar-refractivity contribution in [1.29, 1.82) is 0 Å². The van der Waals surface area contributed by atoms with Crippen molar-refractivity contribution in [3.63, 3.8) is 0 Å². The molecule has 7 nitrogen and oxygen atoms in total. The molecule has 0 aliphatic heterocycles. The fraction of sp³-hybridized carbons (Fsp3) is 0.150. The Morgan fingerprint density at radius 1 is 1.15 bits per heavy atom. The van der Waals surface area contributed by atoms with Crippen LogP contribution in [0.25, 0.3) is 11.5 Å². The summed E-state index contributed by atoms with van der Waals surface area (Å²) < 4.78 is 10.6. The van der Waals surface area contributed by atoms with Crippen molar-refractivity contribution in [3.8, 4) is 11.5 Å². The first-order valence-corrected chi connectivity index (χ1v) is 8.23. The van der Waals surface area contributed by atoms with Gasteiger partial charge in [-0.15, -0.1) is 0 Å². The van der Waals surface area contributed by atoms with Gasteiger partial charge in [0.15, 0.2) is 5.69 Å². The number of carbonyl (C=O) groups is 2. The number of carboxylic acid groups (broad SMARTS) is 1. The molecule has 3 aromatic rings. The number of aryl methyl sites for hydroxylation is 2. The standard InChI is InChI=1S/C20H18N2O5/c1-12-10-15(18-22-17(19(23)24)13(2)27-18)8-9-16(12)21-20(25)26-11-14-6-4-3-5-7-14/h3-10H,11H2,1-2H3,(H,21,25)(H,23,24). The number of carbonyl (C=O) groups excluding carboxylic acids is 1. The molecule has 1 amide bonds. The highest BCUT2D eigenvalue weighted by Gasteiger charge is 2.17. The molecule has 0 atom stereocenters. The second kappa shape index (κ2) is 7.74. The molecule has 1 aromatic heterocycles. The van der Waals surface area contributed by atoms with Crippen LogP contribution in [0.4, 0.5) is 10.5 Å². The number of carboxylic acids is 1. The highest BCUT2D eigenvalue weighted by molar-refractivity contribution is 5.88. The van der Waals surface area contributed by atoms with Crippen molar-refractivity contribution in [2.75, 3.05) is 5.32 Å². The highest BCUT2D eigenvalue weighted by atomic mass is 16.5. The number of rotatable bonds is 5. The minimum Gasteiger partial charge on any atom is -0.476 e. The summed E-state index contributed by atoms with van der Waals surface area (Å²) in [6.45, 7) is 3.53. The van der Waals surface area contributed by atoms with Crippen LogP contribution >= 0.6 is 0 Å². The van der Waals surface area contributed by atoms with E-state index in [4.69, 9.17) is 14.3 Å². The topological polar surface area (TPSA) is 102 Å². The van der Waals surface area contributed by atoms with E-state index in [9.17, 15) is 9.59 Å². The third kappa shape index (κ3) is 4.33. The maximum atomic E-state index is 12.0. The fourth-order valence-electron chi connectivity index (χ4n) is 2.52. The zero-order valence-electron chi connectivity index (χ0n) is 14.9. The van der Waals surface area contributed by atoms with Crippen LogP contribution in [-0.4, -0.2) is 22.2 Å². The molecule has 2 aromatic carbocycles. The summed E-state index contributed by atoms with van der Waals surface area (Å²) in [4.78, 5) is 27.1. The molecule has 0 unspecified atom stereocenters. The van der Waals surface area contributed by atoms with Crippen molar-refractivity contribution in [3.05, 3.63) is 71.1 Å². The number of benzene rings is 2. The lowest BCUT2D eigenvalue weighted by atomic mass is 10.1. The van der Waals surface area contributed by atoms with Gasteiger partial charge in [0, 0.05) is 11.3 Å². The predicted molar refractivity (Wildman–Crippen MR) is 98.6 cm³/mol. The third-order valence-electron chi connectivity index (χ3n) is 3.92. The maximum absolute atomic E-state index is 12.0. The van der Waals surface area contributed by atoms with Crippen LogP contribution in [0.2, 0.25) is 0 Å². The number of amides is 1. The van der Waals surface area contributed by atoms with E-state index < -0.39 is 12.1 Å². The summed E-state index contributed by atoms with van der Waals surface area (Å²) in [7, 11) is 0. The van der Waals surface area contributed by atoms with E-state index in [1.165, 1.54) is 0 Å². The summed E-state index contributed by atoms with van der Waals surface area (Å²) in [6, 6.07) is 14.5. The molecule has 0 aliphatic rings. The molecule has 27 heavy (non-hydrogen) atoms. The first kappa shape index (κ1) is 18.2. The zero-order valence-corrected chi connectivity index (χ0v) is 14.9. The largest absolute Gasteiger partial charge is 0.476 e. The smallest absolute Gasteiger partial charge is 0.411 e. The molecule has 0 bridgehead atoms. The first-order chi connectivity index (χ1) is 12.9. The maximum Gasteiger partial charge on any atom is 0.411 e. The highest BCUT2D eigenvalue weighted by Crippen LogP contribution is 2.26. The lowest BCUT2D eigenvalue weighted by Gasteiger charge is -2.10. The Hall–Kier alpha value is -3.61. The molecule has 7 heteroatoms. The van der Waals surface area contributed by atoms with Crippen molar-refractivity contribution in [2.24, 2.45) is 0 Å². The number of hydrogen-bond donors (Lipinski definition) is 2. The van der Waals surface area contributed by atoms with Crippen LogP contribution in [-0.2, 0) is 11.3 Å². The molecular formula is C20H18N2O5. The molecule has 0 saturated carbocycles. The van der Waals surface area contributed by atoms with E-state index in [0.29, 0.717) is 11.3 Å². The lowest BCUT2D eigenvalue weighted by Crippen LogP contribution is -2.14. The van der Waals surface area contributed by atoms with E-state index >= 15 is 0 Å². The molecule has 0 saturated heterocycles. The molecule has 0 aliphatic carbocycles. The van der Waals surface area contributed by atoms with Gasteiger partial charge in [0.05, 0.1) is 0 Å². The van der Waals surface area contributed by atoms with Crippen molar-refractivity contribution in [2.45, 2.75) is 20.5 Å². The van der Waals surface area contributed by atoms with E-state index in [0.717, 1.165) is 11.1 Å². The van der Waals surface area contributed by atoms with E-state index in [1.807, 2.05) is 37.3 Å². The van der Waals surface area contributed by atoms with Gasteiger partial charge in [-0.05, 0) is 43.2 Å². The van der Waals surface area contributed by atoms with Crippen LogP contribution < -0.4 is 5.32 Å². The molecular weight excluding hydrogens is 348 g/mol. The zero-order chi connectivity index (χ0) is 19.4. The molecule has 2 N–H and O–H groups in total. The second-order valence-corrected chi connectivity index (χ2v) is 5.95. The molecule has 0 fully saturated rings. The summed E-state index contributed by atoms with van der Waals surface area (Å²) in [5.74, 6) is -0.688. The van der Waals surface area contributed by atoms with Gasteiger partial charge in [-0.3, -0.25) is 5.32 Å². The monoisotopic (exact) mass is 366 g/mol. The average Bonchev–Trinajstić information content (AvgIpc) is 3.04. The van der Waals surface area contributed by atoms with E-state index in [2.05, 4.69) is 10.3 Å². The quantitative estimate of drug-likeness (QED) is 0.694. The minimum absolute atomic E-state index is 0.116. The number of nitrogens with one attached hydrogen (secondary N) is 1.